The van der Waals surface area contributed by atoms with Crippen LogP contribution in [-0.2, 0) is 14.2 Å². The molecule has 19 heavy (non-hydrogen) atoms. The molecular formula is C14H24O5. The van der Waals surface area contributed by atoms with E-state index in [0.717, 1.165) is 0 Å². The highest BCUT2D eigenvalue weighted by Crippen LogP contribution is 2.14. The summed E-state index contributed by atoms with van der Waals surface area (Å²) in [5.74, 6) is 0.176. The highest BCUT2D eigenvalue weighted by atomic mass is 16.8. The molecule has 1 aromatic carbocycles. The van der Waals surface area contributed by atoms with Crippen molar-refractivity contribution in [3.8, 4) is 11.5 Å². The minimum absolute atomic E-state index is 0.0880. The molecule has 0 fully saturated rings. The zero-order valence-electron chi connectivity index (χ0n) is 12.0. The highest BCUT2D eigenvalue weighted by molar-refractivity contribution is 5.30. The number of aromatic hydroxyl groups is 2. The van der Waals surface area contributed by atoms with Gasteiger partial charge in [-0.1, -0.05) is 6.07 Å². The van der Waals surface area contributed by atoms with Gasteiger partial charge in [0.05, 0.1) is 0 Å². The van der Waals surface area contributed by atoms with Crippen LogP contribution in [0.15, 0.2) is 24.3 Å². The second-order valence-corrected chi connectivity index (χ2v) is 3.70. The Labute approximate surface area is 114 Å². The molecule has 0 radical (unpaired) electrons. The first kappa shape index (κ1) is 17.7. The topological polar surface area (TPSA) is 68.2 Å². The Kier molecular flexibility index (Phi) is 9.88. The van der Waals surface area contributed by atoms with E-state index in [1.807, 2.05) is 27.7 Å². The minimum atomic E-state index is -0.179. The van der Waals surface area contributed by atoms with Gasteiger partial charge in [0.1, 0.15) is 11.5 Å². The molecule has 5 nitrogen and oxygen atoms in total. The lowest BCUT2D eigenvalue weighted by atomic mass is 10.3. The lowest BCUT2D eigenvalue weighted by molar-refractivity contribution is -0.228. The van der Waals surface area contributed by atoms with Gasteiger partial charge in [0.15, 0.2) is 12.6 Å². The zero-order chi connectivity index (χ0) is 14.7. The summed E-state index contributed by atoms with van der Waals surface area (Å²) in [7, 11) is 0. The van der Waals surface area contributed by atoms with E-state index in [1.54, 1.807) is 6.07 Å². The molecule has 0 aliphatic rings. The monoisotopic (exact) mass is 272 g/mol. The Balaban J connectivity index is 0.000000356. The van der Waals surface area contributed by atoms with Crippen LogP contribution < -0.4 is 0 Å². The third-order valence-corrected chi connectivity index (χ3v) is 2.02. The fourth-order valence-corrected chi connectivity index (χ4v) is 1.31. The number of ether oxygens (including phenoxy) is 3. The molecule has 0 aromatic heterocycles. The summed E-state index contributed by atoms with van der Waals surface area (Å²) < 4.78 is 15.6. The van der Waals surface area contributed by atoms with Gasteiger partial charge >= 0.3 is 0 Å². The van der Waals surface area contributed by atoms with Crippen LogP contribution in [0.2, 0.25) is 0 Å². The molecule has 0 bridgehead atoms. The van der Waals surface area contributed by atoms with Crippen molar-refractivity contribution in [3.05, 3.63) is 24.3 Å². The number of hydrogen-bond acceptors (Lipinski definition) is 5. The SMILES string of the molecule is CCOC(C)OC(C)OCC.Oc1cccc(O)c1. The van der Waals surface area contributed by atoms with E-state index in [-0.39, 0.29) is 24.1 Å². The molecule has 2 unspecified atom stereocenters. The van der Waals surface area contributed by atoms with E-state index in [1.165, 1.54) is 18.2 Å². The number of phenolic OH excluding ortho intramolecular Hbond substituents is 2. The summed E-state index contributed by atoms with van der Waals surface area (Å²) in [6.45, 7) is 8.93. The third-order valence-electron chi connectivity index (χ3n) is 2.02. The molecule has 5 heteroatoms. The summed E-state index contributed by atoms with van der Waals surface area (Å²) in [5.41, 5.74) is 0. The average molecular weight is 272 g/mol. The second kappa shape index (κ2) is 10.6. The van der Waals surface area contributed by atoms with Crippen molar-refractivity contribution in [2.75, 3.05) is 13.2 Å². The van der Waals surface area contributed by atoms with Gasteiger partial charge in [0.25, 0.3) is 0 Å². The van der Waals surface area contributed by atoms with Crippen molar-refractivity contribution in [1.29, 1.82) is 0 Å². The molecule has 2 atom stereocenters. The standard InChI is InChI=1S/C8H18O3.C6H6O2/c1-5-9-7(3)11-8(4)10-6-2;7-5-2-1-3-6(8)4-5/h7-8H,5-6H2,1-4H3;1-4,7-8H. The largest absolute Gasteiger partial charge is 0.508 e. The van der Waals surface area contributed by atoms with Crippen LogP contribution in [0.3, 0.4) is 0 Å². The summed E-state index contributed by atoms with van der Waals surface area (Å²) in [6.07, 6.45) is -0.358. The highest BCUT2D eigenvalue weighted by Gasteiger charge is 2.06. The first-order chi connectivity index (χ1) is 8.99. The molecule has 0 saturated carbocycles. The van der Waals surface area contributed by atoms with Crippen LogP contribution in [0.25, 0.3) is 0 Å². The van der Waals surface area contributed by atoms with Crippen LogP contribution in [0.1, 0.15) is 27.7 Å². The minimum Gasteiger partial charge on any atom is -0.508 e. The van der Waals surface area contributed by atoms with Crippen LogP contribution in [0.4, 0.5) is 0 Å². The molecular weight excluding hydrogens is 248 g/mol. The third kappa shape index (κ3) is 10.3. The quantitative estimate of drug-likeness (QED) is 0.779. The molecule has 110 valence electrons. The summed E-state index contributed by atoms with van der Waals surface area (Å²) in [4.78, 5) is 0. The maximum absolute atomic E-state index is 8.65. The Morgan fingerprint density at radius 3 is 1.63 bits per heavy atom. The molecule has 0 spiro atoms. The van der Waals surface area contributed by atoms with E-state index >= 15 is 0 Å². The molecule has 2 N–H and O–H groups in total. The number of phenols is 2. The van der Waals surface area contributed by atoms with Crippen molar-refractivity contribution >= 4 is 0 Å². The maximum Gasteiger partial charge on any atom is 0.157 e. The molecule has 0 heterocycles. The van der Waals surface area contributed by atoms with Gasteiger partial charge in [0.2, 0.25) is 0 Å². The molecule has 0 aliphatic carbocycles. The smallest absolute Gasteiger partial charge is 0.157 e. The number of benzene rings is 1. The fraction of sp³-hybridized carbons (Fsp3) is 0.571. The van der Waals surface area contributed by atoms with E-state index in [0.29, 0.717) is 13.2 Å². The lowest BCUT2D eigenvalue weighted by Gasteiger charge is -2.18. The van der Waals surface area contributed by atoms with Crippen molar-refractivity contribution in [2.24, 2.45) is 0 Å². The summed E-state index contributed by atoms with van der Waals surface area (Å²) in [6, 6.07) is 5.85. The molecule has 0 saturated heterocycles. The predicted octanol–water partition coefficient (Wildman–Crippen LogP) is 2.87. The van der Waals surface area contributed by atoms with Crippen molar-refractivity contribution in [3.63, 3.8) is 0 Å². The zero-order valence-corrected chi connectivity index (χ0v) is 12.0. The van der Waals surface area contributed by atoms with Crippen molar-refractivity contribution in [2.45, 2.75) is 40.3 Å². The first-order valence-corrected chi connectivity index (χ1v) is 6.36. The average Bonchev–Trinajstić information content (AvgIpc) is 2.29. The van der Waals surface area contributed by atoms with Crippen LogP contribution >= 0.6 is 0 Å². The van der Waals surface area contributed by atoms with E-state index in [9.17, 15) is 0 Å². The summed E-state index contributed by atoms with van der Waals surface area (Å²) >= 11 is 0. The first-order valence-electron chi connectivity index (χ1n) is 6.36. The second-order valence-electron chi connectivity index (χ2n) is 3.70. The van der Waals surface area contributed by atoms with Gasteiger partial charge in [-0.15, -0.1) is 0 Å². The normalized spacial score (nSPS) is 13.3. The molecule has 1 aromatic rings. The Morgan fingerprint density at radius 1 is 0.947 bits per heavy atom. The molecule has 0 amide bonds. The van der Waals surface area contributed by atoms with Gasteiger partial charge < -0.3 is 24.4 Å². The number of hydrogen-bond donors (Lipinski definition) is 2. The fourth-order valence-electron chi connectivity index (χ4n) is 1.31. The van der Waals surface area contributed by atoms with Gasteiger partial charge in [0, 0.05) is 19.3 Å². The lowest BCUT2D eigenvalue weighted by Crippen LogP contribution is -2.22. The Hall–Kier alpha value is -1.30. The maximum atomic E-state index is 8.65. The Bertz CT molecular complexity index is 302. The predicted molar refractivity (Wildman–Crippen MR) is 73.0 cm³/mol. The van der Waals surface area contributed by atoms with Crippen molar-refractivity contribution < 1.29 is 24.4 Å². The van der Waals surface area contributed by atoms with Crippen molar-refractivity contribution in [1.82, 2.24) is 0 Å². The van der Waals surface area contributed by atoms with Gasteiger partial charge in [-0.2, -0.15) is 0 Å². The van der Waals surface area contributed by atoms with E-state index < -0.39 is 0 Å². The molecule has 0 aliphatic heterocycles. The van der Waals surface area contributed by atoms with Crippen LogP contribution in [0.5, 0.6) is 11.5 Å². The van der Waals surface area contributed by atoms with Crippen LogP contribution in [-0.4, -0.2) is 36.0 Å². The van der Waals surface area contributed by atoms with Gasteiger partial charge in [-0.25, -0.2) is 0 Å². The van der Waals surface area contributed by atoms with Gasteiger partial charge in [-0.05, 0) is 39.8 Å². The van der Waals surface area contributed by atoms with E-state index in [4.69, 9.17) is 24.4 Å². The Morgan fingerprint density at radius 2 is 1.37 bits per heavy atom. The van der Waals surface area contributed by atoms with E-state index in [2.05, 4.69) is 0 Å². The van der Waals surface area contributed by atoms with Crippen LogP contribution in [0, 0.1) is 0 Å². The molecule has 1 rings (SSSR count). The van der Waals surface area contributed by atoms with Gasteiger partial charge in [-0.3, -0.25) is 0 Å². The summed E-state index contributed by atoms with van der Waals surface area (Å²) in [5, 5.41) is 17.3. The number of rotatable bonds is 6.